The minimum atomic E-state index is 0.103. The lowest BCUT2D eigenvalue weighted by Crippen LogP contribution is -2.49. The Hall–Kier alpha value is -1.40. The summed E-state index contributed by atoms with van der Waals surface area (Å²) in [6.45, 7) is 7.41. The molecule has 6 heteroatoms. The summed E-state index contributed by atoms with van der Waals surface area (Å²) in [5.74, 6) is 0.103. The summed E-state index contributed by atoms with van der Waals surface area (Å²) < 4.78 is 1.70. The van der Waals surface area contributed by atoms with Gasteiger partial charge in [0.05, 0.1) is 5.69 Å². The third kappa shape index (κ3) is 4.04. The third-order valence-corrected chi connectivity index (χ3v) is 4.10. The highest BCUT2D eigenvalue weighted by Gasteiger charge is 2.24. The van der Waals surface area contributed by atoms with E-state index in [2.05, 4.69) is 16.9 Å². The van der Waals surface area contributed by atoms with E-state index in [-0.39, 0.29) is 5.91 Å². The molecule has 21 heavy (non-hydrogen) atoms. The van der Waals surface area contributed by atoms with Crippen molar-refractivity contribution in [2.24, 2.45) is 12.8 Å². The minimum absolute atomic E-state index is 0.103. The standard InChI is InChI=1S/C15H27N5O/c1-3-13-12-14(18(2)17-13)15(21)20-10-8-19(9-11-20)7-5-4-6-16/h12H,3-11,16H2,1-2H3. The maximum atomic E-state index is 12.5. The molecule has 0 aliphatic carbocycles. The Morgan fingerprint density at radius 1 is 1.29 bits per heavy atom. The predicted molar refractivity (Wildman–Crippen MR) is 83.2 cm³/mol. The van der Waals surface area contributed by atoms with Crippen molar-refractivity contribution < 1.29 is 4.79 Å². The zero-order chi connectivity index (χ0) is 15.2. The Morgan fingerprint density at radius 2 is 2.00 bits per heavy atom. The third-order valence-electron chi connectivity index (χ3n) is 4.10. The van der Waals surface area contributed by atoms with Crippen LogP contribution < -0.4 is 5.73 Å². The van der Waals surface area contributed by atoms with Gasteiger partial charge in [-0.3, -0.25) is 14.4 Å². The fourth-order valence-corrected chi connectivity index (χ4v) is 2.72. The number of aromatic nitrogens is 2. The Bertz CT molecular complexity index is 463. The van der Waals surface area contributed by atoms with Crippen molar-refractivity contribution in [3.63, 3.8) is 0 Å². The smallest absolute Gasteiger partial charge is 0.272 e. The molecule has 2 rings (SSSR count). The summed E-state index contributed by atoms with van der Waals surface area (Å²) >= 11 is 0. The maximum Gasteiger partial charge on any atom is 0.272 e. The van der Waals surface area contributed by atoms with Crippen molar-refractivity contribution in [3.8, 4) is 0 Å². The Labute approximate surface area is 126 Å². The van der Waals surface area contributed by atoms with Gasteiger partial charge in [0.25, 0.3) is 5.91 Å². The highest BCUT2D eigenvalue weighted by molar-refractivity contribution is 5.92. The summed E-state index contributed by atoms with van der Waals surface area (Å²) in [5, 5.41) is 4.36. The number of nitrogens with zero attached hydrogens (tertiary/aromatic N) is 4. The molecule has 0 spiro atoms. The molecule has 0 aromatic carbocycles. The number of aryl methyl sites for hydroxylation is 2. The van der Waals surface area contributed by atoms with Crippen molar-refractivity contribution in [3.05, 3.63) is 17.5 Å². The van der Waals surface area contributed by atoms with E-state index in [1.807, 2.05) is 18.0 Å². The number of piperazine rings is 1. The van der Waals surface area contributed by atoms with Crippen LogP contribution in [0.3, 0.4) is 0 Å². The molecule has 0 radical (unpaired) electrons. The SMILES string of the molecule is CCc1cc(C(=O)N2CCN(CCCCN)CC2)n(C)n1. The Kier molecular flexibility index (Phi) is 5.76. The van der Waals surface area contributed by atoms with E-state index in [0.717, 1.165) is 64.2 Å². The van der Waals surface area contributed by atoms with Crippen LogP contribution in [0.2, 0.25) is 0 Å². The Morgan fingerprint density at radius 3 is 2.57 bits per heavy atom. The van der Waals surface area contributed by atoms with Gasteiger partial charge < -0.3 is 10.6 Å². The van der Waals surface area contributed by atoms with Gasteiger partial charge >= 0.3 is 0 Å². The summed E-state index contributed by atoms with van der Waals surface area (Å²) in [4.78, 5) is 16.9. The molecule has 0 unspecified atom stereocenters. The fourth-order valence-electron chi connectivity index (χ4n) is 2.72. The first-order chi connectivity index (χ1) is 10.2. The maximum absolute atomic E-state index is 12.5. The van der Waals surface area contributed by atoms with Gasteiger partial charge in [0.1, 0.15) is 5.69 Å². The van der Waals surface area contributed by atoms with E-state index in [0.29, 0.717) is 5.69 Å². The lowest BCUT2D eigenvalue weighted by molar-refractivity contribution is 0.0625. The van der Waals surface area contributed by atoms with Crippen LogP contribution in [0.15, 0.2) is 6.07 Å². The quantitative estimate of drug-likeness (QED) is 0.775. The summed E-state index contributed by atoms with van der Waals surface area (Å²) in [6.07, 6.45) is 3.08. The van der Waals surface area contributed by atoms with Gasteiger partial charge in [-0.2, -0.15) is 5.10 Å². The lowest BCUT2D eigenvalue weighted by Gasteiger charge is -2.34. The molecule has 1 aliphatic heterocycles. The van der Waals surface area contributed by atoms with Crippen molar-refractivity contribution in [2.75, 3.05) is 39.3 Å². The van der Waals surface area contributed by atoms with Crippen LogP contribution in [0, 0.1) is 0 Å². The van der Waals surface area contributed by atoms with Crippen molar-refractivity contribution in [1.29, 1.82) is 0 Å². The van der Waals surface area contributed by atoms with E-state index in [9.17, 15) is 4.79 Å². The average molecular weight is 293 g/mol. The van der Waals surface area contributed by atoms with Crippen LogP contribution in [0.25, 0.3) is 0 Å². The van der Waals surface area contributed by atoms with Gasteiger partial charge in [-0.05, 0) is 38.4 Å². The summed E-state index contributed by atoms with van der Waals surface area (Å²) in [6, 6.07) is 1.91. The molecule has 1 fully saturated rings. The number of nitrogens with two attached hydrogens (primary N) is 1. The minimum Gasteiger partial charge on any atom is -0.335 e. The molecule has 6 nitrogen and oxygen atoms in total. The molecular weight excluding hydrogens is 266 g/mol. The molecule has 2 heterocycles. The Balaban J connectivity index is 1.86. The zero-order valence-corrected chi connectivity index (χ0v) is 13.2. The molecule has 2 N–H and O–H groups in total. The molecule has 1 aliphatic rings. The second kappa shape index (κ2) is 7.56. The van der Waals surface area contributed by atoms with E-state index in [1.54, 1.807) is 4.68 Å². The van der Waals surface area contributed by atoms with Gasteiger partial charge in [-0.25, -0.2) is 0 Å². The van der Waals surface area contributed by atoms with E-state index in [4.69, 9.17) is 5.73 Å². The van der Waals surface area contributed by atoms with Gasteiger partial charge in [0.2, 0.25) is 0 Å². The number of hydrogen-bond donors (Lipinski definition) is 1. The van der Waals surface area contributed by atoms with Crippen LogP contribution in [-0.2, 0) is 13.5 Å². The van der Waals surface area contributed by atoms with E-state index < -0.39 is 0 Å². The highest BCUT2D eigenvalue weighted by atomic mass is 16.2. The molecule has 0 atom stereocenters. The van der Waals surface area contributed by atoms with Gasteiger partial charge in [0, 0.05) is 33.2 Å². The molecule has 0 saturated carbocycles. The first kappa shape index (κ1) is 16.0. The number of carbonyl (C=O) groups excluding carboxylic acids is 1. The second-order valence-corrected chi connectivity index (χ2v) is 5.63. The van der Waals surface area contributed by atoms with Crippen LogP contribution in [0.4, 0.5) is 0 Å². The lowest BCUT2D eigenvalue weighted by atomic mass is 10.2. The van der Waals surface area contributed by atoms with E-state index >= 15 is 0 Å². The first-order valence-electron chi connectivity index (χ1n) is 7.90. The summed E-state index contributed by atoms with van der Waals surface area (Å²) in [5.41, 5.74) is 7.19. The largest absolute Gasteiger partial charge is 0.335 e. The van der Waals surface area contributed by atoms with Gasteiger partial charge in [-0.1, -0.05) is 6.92 Å². The van der Waals surface area contributed by atoms with Crippen molar-refractivity contribution >= 4 is 5.91 Å². The van der Waals surface area contributed by atoms with Crippen LogP contribution >= 0.6 is 0 Å². The van der Waals surface area contributed by atoms with Gasteiger partial charge in [0.15, 0.2) is 0 Å². The topological polar surface area (TPSA) is 67.4 Å². The molecule has 1 aromatic rings. The molecule has 118 valence electrons. The molecule has 1 amide bonds. The molecule has 1 saturated heterocycles. The number of amides is 1. The normalized spacial score (nSPS) is 16.4. The molecule has 0 bridgehead atoms. The first-order valence-corrected chi connectivity index (χ1v) is 7.90. The number of carbonyl (C=O) groups is 1. The predicted octanol–water partition coefficient (Wildman–Crippen LogP) is 0.479. The molecule has 1 aromatic heterocycles. The zero-order valence-electron chi connectivity index (χ0n) is 13.2. The second-order valence-electron chi connectivity index (χ2n) is 5.63. The number of unbranched alkanes of at least 4 members (excludes halogenated alkanes) is 1. The van der Waals surface area contributed by atoms with Crippen LogP contribution in [0.5, 0.6) is 0 Å². The number of rotatable bonds is 6. The van der Waals surface area contributed by atoms with Crippen LogP contribution in [0.1, 0.15) is 35.9 Å². The van der Waals surface area contributed by atoms with Gasteiger partial charge in [-0.15, -0.1) is 0 Å². The molecular formula is C15H27N5O. The fraction of sp³-hybridized carbons (Fsp3) is 0.733. The van der Waals surface area contributed by atoms with Crippen molar-refractivity contribution in [1.82, 2.24) is 19.6 Å². The monoisotopic (exact) mass is 293 g/mol. The highest BCUT2D eigenvalue weighted by Crippen LogP contribution is 2.11. The van der Waals surface area contributed by atoms with Crippen molar-refractivity contribution in [2.45, 2.75) is 26.2 Å². The van der Waals surface area contributed by atoms with Crippen LogP contribution in [-0.4, -0.2) is 64.8 Å². The summed E-state index contributed by atoms with van der Waals surface area (Å²) in [7, 11) is 1.84. The average Bonchev–Trinajstić information content (AvgIpc) is 2.89. The van der Waals surface area contributed by atoms with E-state index in [1.165, 1.54) is 0 Å². The number of hydrogen-bond acceptors (Lipinski definition) is 4.